The molecular weight excluding hydrogens is 284 g/mol. The predicted octanol–water partition coefficient (Wildman–Crippen LogP) is 2.39. The second-order valence-corrected chi connectivity index (χ2v) is 7.37. The molecule has 0 saturated carbocycles. The van der Waals surface area contributed by atoms with Gasteiger partial charge in [0.2, 0.25) is 10.0 Å². The van der Waals surface area contributed by atoms with Crippen molar-refractivity contribution < 1.29 is 13.5 Å². The third-order valence-corrected chi connectivity index (χ3v) is 5.48. The van der Waals surface area contributed by atoms with Crippen LogP contribution in [0.1, 0.15) is 45.7 Å². The Balaban J connectivity index is 2.73. The van der Waals surface area contributed by atoms with E-state index in [0.29, 0.717) is 30.8 Å². The lowest BCUT2D eigenvalue weighted by atomic mass is 9.92. The SMILES string of the molecule is CCCS(=O)(=O)Nc1nc(CC(O)(CC)CC)cs1. The number of hydrogen-bond donors (Lipinski definition) is 2. The Morgan fingerprint density at radius 2 is 2.00 bits per heavy atom. The van der Waals surface area contributed by atoms with E-state index >= 15 is 0 Å². The first-order chi connectivity index (χ1) is 8.84. The lowest BCUT2D eigenvalue weighted by molar-refractivity contribution is 0.0319. The molecule has 1 rings (SSSR count). The van der Waals surface area contributed by atoms with Crippen molar-refractivity contribution in [1.82, 2.24) is 4.98 Å². The molecule has 0 aliphatic rings. The Hall–Kier alpha value is -0.660. The summed E-state index contributed by atoms with van der Waals surface area (Å²) in [6.07, 6.45) is 2.32. The minimum Gasteiger partial charge on any atom is -0.390 e. The molecule has 7 heteroatoms. The molecule has 0 saturated heterocycles. The van der Waals surface area contributed by atoms with Crippen molar-refractivity contribution in [3.63, 3.8) is 0 Å². The quantitative estimate of drug-likeness (QED) is 0.773. The molecule has 0 aromatic carbocycles. The molecule has 1 aromatic heterocycles. The van der Waals surface area contributed by atoms with Crippen LogP contribution < -0.4 is 4.72 Å². The van der Waals surface area contributed by atoms with Crippen LogP contribution in [0.4, 0.5) is 5.13 Å². The summed E-state index contributed by atoms with van der Waals surface area (Å²) >= 11 is 1.25. The Kier molecular flexibility index (Phi) is 5.76. The average Bonchev–Trinajstić information content (AvgIpc) is 2.75. The van der Waals surface area contributed by atoms with Crippen molar-refractivity contribution in [2.75, 3.05) is 10.5 Å². The van der Waals surface area contributed by atoms with E-state index in [0.717, 1.165) is 5.69 Å². The van der Waals surface area contributed by atoms with Gasteiger partial charge < -0.3 is 5.11 Å². The first kappa shape index (κ1) is 16.4. The maximum absolute atomic E-state index is 11.6. The average molecular weight is 306 g/mol. The van der Waals surface area contributed by atoms with Gasteiger partial charge in [0.15, 0.2) is 5.13 Å². The number of nitrogens with zero attached hydrogens (tertiary/aromatic N) is 1. The van der Waals surface area contributed by atoms with Crippen LogP contribution >= 0.6 is 11.3 Å². The summed E-state index contributed by atoms with van der Waals surface area (Å²) in [6.45, 7) is 5.68. The van der Waals surface area contributed by atoms with Crippen molar-refractivity contribution in [2.24, 2.45) is 0 Å². The van der Waals surface area contributed by atoms with E-state index in [9.17, 15) is 13.5 Å². The van der Waals surface area contributed by atoms with Crippen molar-refractivity contribution in [2.45, 2.75) is 52.1 Å². The maximum Gasteiger partial charge on any atom is 0.234 e. The highest BCUT2D eigenvalue weighted by molar-refractivity contribution is 7.92. The highest BCUT2D eigenvalue weighted by atomic mass is 32.2. The Morgan fingerprint density at radius 1 is 1.37 bits per heavy atom. The van der Waals surface area contributed by atoms with Crippen LogP contribution in [-0.4, -0.2) is 29.9 Å². The molecule has 1 aromatic rings. The third-order valence-electron chi connectivity index (χ3n) is 3.09. The molecule has 0 bridgehead atoms. The summed E-state index contributed by atoms with van der Waals surface area (Å²) in [5.41, 5.74) is -0.0291. The number of thiazole rings is 1. The summed E-state index contributed by atoms with van der Waals surface area (Å²) < 4.78 is 25.7. The second-order valence-electron chi connectivity index (χ2n) is 4.67. The van der Waals surface area contributed by atoms with Crippen LogP contribution in [0.25, 0.3) is 0 Å². The van der Waals surface area contributed by atoms with Gasteiger partial charge in [-0.1, -0.05) is 20.8 Å². The van der Waals surface area contributed by atoms with E-state index in [2.05, 4.69) is 9.71 Å². The van der Waals surface area contributed by atoms with E-state index in [-0.39, 0.29) is 5.75 Å². The second kappa shape index (κ2) is 6.67. The minimum atomic E-state index is -3.29. The van der Waals surface area contributed by atoms with Crippen molar-refractivity contribution in [1.29, 1.82) is 0 Å². The number of sulfonamides is 1. The van der Waals surface area contributed by atoms with Crippen molar-refractivity contribution in [3.05, 3.63) is 11.1 Å². The summed E-state index contributed by atoms with van der Waals surface area (Å²) in [4.78, 5) is 4.23. The van der Waals surface area contributed by atoms with Gasteiger partial charge in [-0.15, -0.1) is 11.3 Å². The standard InChI is InChI=1S/C12H22N2O3S2/c1-4-7-19(16,17)14-11-13-10(9-18-11)8-12(15,5-2)6-3/h9,15H,4-8H2,1-3H3,(H,13,14). The van der Waals surface area contributed by atoms with E-state index in [1.807, 2.05) is 20.8 Å². The first-order valence-electron chi connectivity index (χ1n) is 6.51. The monoisotopic (exact) mass is 306 g/mol. The molecule has 0 radical (unpaired) electrons. The molecule has 0 atom stereocenters. The number of anilines is 1. The van der Waals surface area contributed by atoms with Crippen LogP contribution in [-0.2, 0) is 16.4 Å². The van der Waals surface area contributed by atoms with Gasteiger partial charge in [0.25, 0.3) is 0 Å². The van der Waals surface area contributed by atoms with Gasteiger partial charge in [-0.25, -0.2) is 13.4 Å². The highest BCUT2D eigenvalue weighted by Gasteiger charge is 2.24. The molecule has 0 spiro atoms. The molecule has 19 heavy (non-hydrogen) atoms. The Bertz CT molecular complexity index is 493. The number of hydrogen-bond acceptors (Lipinski definition) is 5. The molecule has 1 heterocycles. The normalized spacial score (nSPS) is 12.6. The van der Waals surface area contributed by atoms with Gasteiger partial charge in [0.05, 0.1) is 17.0 Å². The van der Waals surface area contributed by atoms with E-state index in [4.69, 9.17) is 0 Å². The molecule has 0 aliphatic heterocycles. The zero-order valence-corrected chi connectivity index (χ0v) is 13.3. The van der Waals surface area contributed by atoms with Gasteiger partial charge in [0, 0.05) is 11.8 Å². The number of rotatable bonds is 8. The highest BCUT2D eigenvalue weighted by Crippen LogP contribution is 2.24. The van der Waals surface area contributed by atoms with Gasteiger partial charge in [0.1, 0.15) is 0 Å². The fourth-order valence-electron chi connectivity index (χ4n) is 1.72. The Morgan fingerprint density at radius 3 is 2.53 bits per heavy atom. The van der Waals surface area contributed by atoms with Gasteiger partial charge in [-0.3, -0.25) is 4.72 Å². The predicted molar refractivity (Wildman–Crippen MR) is 79.1 cm³/mol. The molecule has 5 nitrogen and oxygen atoms in total. The summed E-state index contributed by atoms with van der Waals surface area (Å²) in [7, 11) is -3.29. The maximum atomic E-state index is 11.6. The molecule has 110 valence electrons. The molecule has 2 N–H and O–H groups in total. The van der Waals surface area contributed by atoms with Crippen molar-refractivity contribution in [3.8, 4) is 0 Å². The zero-order valence-electron chi connectivity index (χ0n) is 11.6. The third kappa shape index (κ3) is 5.08. The van der Waals surface area contributed by atoms with Gasteiger partial charge in [-0.05, 0) is 19.3 Å². The fourth-order valence-corrected chi connectivity index (χ4v) is 3.80. The fraction of sp³-hybridized carbons (Fsp3) is 0.750. The van der Waals surface area contributed by atoms with Crippen LogP contribution in [0, 0.1) is 0 Å². The summed E-state index contributed by atoms with van der Waals surface area (Å²) in [5.74, 6) is 0.0930. The van der Waals surface area contributed by atoms with Crippen molar-refractivity contribution >= 4 is 26.5 Å². The van der Waals surface area contributed by atoms with Gasteiger partial charge in [-0.2, -0.15) is 0 Å². The largest absolute Gasteiger partial charge is 0.390 e. The minimum absolute atomic E-state index is 0.0930. The summed E-state index contributed by atoms with van der Waals surface area (Å²) in [5, 5.41) is 12.4. The van der Waals surface area contributed by atoms with Crippen LogP contribution in [0.15, 0.2) is 5.38 Å². The molecule has 0 fully saturated rings. The summed E-state index contributed by atoms with van der Waals surface area (Å²) in [6, 6.07) is 0. The lowest BCUT2D eigenvalue weighted by Gasteiger charge is -2.23. The Labute approximate surface area is 119 Å². The number of aliphatic hydroxyl groups is 1. The lowest BCUT2D eigenvalue weighted by Crippen LogP contribution is -2.29. The molecular formula is C12H22N2O3S2. The topological polar surface area (TPSA) is 79.3 Å². The number of nitrogens with one attached hydrogen (secondary N) is 1. The van der Waals surface area contributed by atoms with E-state index in [1.165, 1.54) is 11.3 Å². The van der Waals surface area contributed by atoms with Gasteiger partial charge >= 0.3 is 0 Å². The van der Waals surface area contributed by atoms with Crippen LogP contribution in [0.3, 0.4) is 0 Å². The molecule has 0 unspecified atom stereocenters. The molecule has 0 aliphatic carbocycles. The number of aromatic nitrogens is 1. The van der Waals surface area contributed by atoms with E-state index < -0.39 is 15.6 Å². The van der Waals surface area contributed by atoms with E-state index in [1.54, 1.807) is 5.38 Å². The molecule has 0 amide bonds. The van der Waals surface area contributed by atoms with Crippen LogP contribution in [0.5, 0.6) is 0 Å². The zero-order chi connectivity index (χ0) is 14.5. The smallest absolute Gasteiger partial charge is 0.234 e. The van der Waals surface area contributed by atoms with Crippen LogP contribution in [0.2, 0.25) is 0 Å². The first-order valence-corrected chi connectivity index (χ1v) is 9.04.